The number of amides is 1. The smallest absolute Gasteiger partial charge is 0.307 e. The lowest BCUT2D eigenvalue weighted by Gasteiger charge is -2.35. The summed E-state index contributed by atoms with van der Waals surface area (Å²) in [6.07, 6.45) is 1.92. The molecule has 1 amide bonds. The van der Waals surface area contributed by atoms with E-state index in [1.165, 1.54) is 0 Å². The Hall–Kier alpha value is -3.94. The van der Waals surface area contributed by atoms with Crippen molar-refractivity contribution in [2.45, 2.75) is 26.4 Å². The third-order valence-electron chi connectivity index (χ3n) is 8.45. The van der Waals surface area contributed by atoms with Gasteiger partial charge in [-0.25, -0.2) is 4.98 Å². The number of anilines is 1. The van der Waals surface area contributed by atoms with Gasteiger partial charge < -0.3 is 24.4 Å². The van der Waals surface area contributed by atoms with Crippen molar-refractivity contribution >= 4 is 28.3 Å². The Kier molecular flexibility index (Phi) is 7.65. The van der Waals surface area contributed by atoms with Crippen molar-refractivity contribution < 1.29 is 24.2 Å². The highest BCUT2D eigenvalue weighted by Crippen LogP contribution is 2.44. The Balaban J connectivity index is 1.18. The summed E-state index contributed by atoms with van der Waals surface area (Å²) in [7, 11) is 0. The van der Waals surface area contributed by atoms with Gasteiger partial charge in [0.15, 0.2) is 5.13 Å². The van der Waals surface area contributed by atoms with Crippen LogP contribution in [0.1, 0.15) is 39.9 Å². The second kappa shape index (κ2) is 11.5. The van der Waals surface area contributed by atoms with Crippen LogP contribution in [0.25, 0.3) is 11.3 Å². The van der Waals surface area contributed by atoms with Crippen LogP contribution >= 0.6 is 11.3 Å². The second-order valence-electron chi connectivity index (χ2n) is 11.1. The van der Waals surface area contributed by atoms with Crippen molar-refractivity contribution in [3.05, 3.63) is 64.0 Å². The van der Waals surface area contributed by atoms with E-state index >= 15 is 0 Å². The predicted octanol–water partition coefficient (Wildman–Crippen LogP) is 4.59. The number of hydrogen-bond donors (Lipinski definition) is 1. The van der Waals surface area contributed by atoms with Gasteiger partial charge in [-0.3, -0.25) is 9.59 Å². The summed E-state index contributed by atoms with van der Waals surface area (Å²) in [6.45, 7) is 5.76. The molecule has 41 heavy (non-hydrogen) atoms. The Labute approximate surface area is 242 Å². The molecule has 3 fully saturated rings. The molecule has 1 aliphatic carbocycles. The number of thiazole rings is 1. The number of carboxylic acid groups (broad SMARTS) is 1. The number of fused-ring (bicyclic) bond motifs is 2. The quantitative estimate of drug-likeness (QED) is 0.437. The summed E-state index contributed by atoms with van der Waals surface area (Å²) in [5, 5.41) is 22.4. The minimum absolute atomic E-state index is 0.0994. The number of hydrogen-bond acceptors (Lipinski definition) is 8. The molecule has 9 nitrogen and oxygen atoms in total. The second-order valence-corrected chi connectivity index (χ2v) is 11.9. The van der Waals surface area contributed by atoms with Crippen molar-refractivity contribution in [2.75, 3.05) is 44.3 Å². The van der Waals surface area contributed by atoms with E-state index < -0.39 is 5.97 Å². The molecular formula is C31H32N4O5S. The fourth-order valence-electron chi connectivity index (χ4n) is 6.33. The van der Waals surface area contributed by atoms with Crippen LogP contribution in [0.2, 0.25) is 0 Å². The van der Waals surface area contributed by atoms with E-state index in [2.05, 4.69) is 11.0 Å². The first-order valence-corrected chi connectivity index (χ1v) is 14.9. The number of morpholine rings is 1. The van der Waals surface area contributed by atoms with E-state index in [9.17, 15) is 20.0 Å². The van der Waals surface area contributed by atoms with Gasteiger partial charge in [-0.1, -0.05) is 17.7 Å². The molecule has 1 aromatic heterocycles. The van der Waals surface area contributed by atoms with E-state index in [0.29, 0.717) is 48.7 Å². The molecule has 10 heteroatoms. The molecule has 0 radical (unpaired) electrons. The van der Waals surface area contributed by atoms with Crippen LogP contribution in [0.4, 0.5) is 5.13 Å². The largest absolute Gasteiger partial charge is 0.488 e. The Morgan fingerprint density at radius 1 is 1.15 bits per heavy atom. The summed E-state index contributed by atoms with van der Waals surface area (Å²) >= 11 is 1.57. The van der Waals surface area contributed by atoms with E-state index in [-0.39, 0.29) is 30.3 Å². The van der Waals surface area contributed by atoms with E-state index in [1.54, 1.807) is 34.4 Å². The lowest BCUT2D eigenvalue weighted by atomic mass is 9.85. The van der Waals surface area contributed by atoms with Gasteiger partial charge in [-0.05, 0) is 55.9 Å². The number of rotatable bonds is 7. The number of ether oxygens (including phenoxy) is 2. The topological polar surface area (TPSA) is 116 Å². The SMILES string of the molecule is Cc1ccc(OCc2ccc(C(=O)N3CCOCC3)cc2C#N)c(-c2csc(N3CC4CC[C@H](C3)C4C(=O)O)n2)c1. The van der Waals surface area contributed by atoms with Gasteiger partial charge in [-0.15, -0.1) is 11.3 Å². The van der Waals surface area contributed by atoms with Gasteiger partial charge in [-0.2, -0.15) is 5.26 Å². The molecule has 3 aromatic rings. The van der Waals surface area contributed by atoms with Gasteiger partial charge in [0.2, 0.25) is 0 Å². The van der Waals surface area contributed by atoms with Gasteiger partial charge in [0.05, 0.1) is 36.5 Å². The normalized spacial score (nSPS) is 21.9. The molecule has 2 unspecified atom stereocenters. The standard InChI is InChI=1S/C31H32N4O5S/c1-19-2-7-27(40-17-23-6-3-20(13-24(23)14-32)29(36)34-8-10-39-11-9-34)25(12-19)26-18-41-31(33-26)35-15-21-4-5-22(16-35)28(21)30(37)38/h2-3,6-7,12-13,18,21-22,28H,4-5,8-11,15-17H2,1H3,(H,37,38)/t21-,22?,28?/m1/s1. The number of aromatic nitrogens is 1. The molecule has 3 heterocycles. The Morgan fingerprint density at radius 3 is 2.61 bits per heavy atom. The molecule has 0 spiro atoms. The minimum atomic E-state index is -0.670. The molecule has 1 N–H and O–H groups in total. The van der Waals surface area contributed by atoms with Crippen LogP contribution in [0, 0.1) is 36.0 Å². The summed E-state index contributed by atoms with van der Waals surface area (Å²) in [6, 6.07) is 13.3. The highest BCUT2D eigenvalue weighted by Gasteiger charge is 2.46. The number of aliphatic carboxylic acids is 1. The maximum absolute atomic E-state index is 12.9. The first kappa shape index (κ1) is 27.2. The zero-order valence-corrected chi connectivity index (χ0v) is 23.7. The Morgan fingerprint density at radius 2 is 1.90 bits per heavy atom. The van der Waals surface area contributed by atoms with Crippen LogP contribution < -0.4 is 9.64 Å². The molecule has 3 atom stereocenters. The molecule has 2 aliphatic heterocycles. The molecule has 1 saturated carbocycles. The number of nitriles is 1. The number of aryl methyl sites for hydroxylation is 1. The maximum Gasteiger partial charge on any atom is 0.307 e. The lowest BCUT2D eigenvalue weighted by Crippen LogP contribution is -2.44. The van der Waals surface area contributed by atoms with Gasteiger partial charge in [0, 0.05) is 48.2 Å². The van der Waals surface area contributed by atoms with E-state index in [1.807, 2.05) is 30.5 Å². The minimum Gasteiger partial charge on any atom is -0.488 e. The number of carboxylic acids is 1. The van der Waals surface area contributed by atoms with Crippen molar-refractivity contribution in [1.29, 1.82) is 5.26 Å². The zero-order valence-electron chi connectivity index (χ0n) is 22.9. The molecule has 212 valence electrons. The highest BCUT2D eigenvalue weighted by molar-refractivity contribution is 7.14. The number of piperidine rings is 1. The van der Waals surface area contributed by atoms with Crippen LogP contribution in [-0.2, 0) is 16.1 Å². The van der Waals surface area contributed by atoms with Gasteiger partial charge in [0.25, 0.3) is 5.91 Å². The van der Waals surface area contributed by atoms with Crippen LogP contribution in [-0.4, -0.2) is 66.3 Å². The first-order valence-electron chi connectivity index (χ1n) is 14.0. The van der Waals surface area contributed by atoms with E-state index in [0.717, 1.165) is 47.9 Å². The number of nitrogens with zero attached hydrogens (tertiary/aromatic N) is 4. The average molecular weight is 573 g/mol. The number of benzene rings is 2. The third kappa shape index (κ3) is 5.52. The lowest BCUT2D eigenvalue weighted by molar-refractivity contribution is -0.144. The summed E-state index contributed by atoms with van der Waals surface area (Å²) in [5.74, 6) is -0.0153. The average Bonchev–Trinajstić information content (AvgIpc) is 3.59. The number of carbonyl (C=O) groups is 2. The fraction of sp³-hybridized carbons (Fsp3) is 0.419. The monoisotopic (exact) mass is 572 g/mol. The highest BCUT2D eigenvalue weighted by atomic mass is 32.1. The van der Waals surface area contributed by atoms with Crippen LogP contribution in [0.5, 0.6) is 5.75 Å². The molecule has 3 aliphatic rings. The Bertz CT molecular complexity index is 1490. The molecule has 2 bridgehead atoms. The fourth-order valence-corrected chi connectivity index (χ4v) is 7.17. The maximum atomic E-state index is 12.9. The van der Waals surface area contributed by atoms with Gasteiger partial charge in [0.1, 0.15) is 12.4 Å². The summed E-state index contributed by atoms with van der Waals surface area (Å²) < 4.78 is 11.6. The number of carbonyl (C=O) groups excluding carboxylic acids is 1. The van der Waals surface area contributed by atoms with Gasteiger partial charge >= 0.3 is 5.97 Å². The van der Waals surface area contributed by atoms with Crippen molar-refractivity contribution in [3.8, 4) is 23.1 Å². The molecule has 6 rings (SSSR count). The molecular weight excluding hydrogens is 540 g/mol. The van der Waals surface area contributed by atoms with Crippen molar-refractivity contribution in [2.24, 2.45) is 17.8 Å². The third-order valence-corrected chi connectivity index (χ3v) is 9.35. The summed E-state index contributed by atoms with van der Waals surface area (Å²) in [4.78, 5) is 33.6. The molecule has 2 saturated heterocycles. The molecule has 2 aromatic carbocycles. The zero-order chi connectivity index (χ0) is 28.5. The van der Waals surface area contributed by atoms with Crippen LogP contribution in [0.3, 0.4) is 0 Å². The van der Waals surface area contributed by atoms with E-state index in [4.69, 9.17) is 14.5 Å². The van der Waals surface area contributed by atoms with Crippen molar-refractivity contribution in [3.63, 3.8) is 0 Å². The van der Waals surface area contributed by atoms with Crippen LogP contribution in [0.15, 0.2) is 41.8 Å². The summed E-state index contributed by atoms with van der Waals surface area (Å²) in [5.41, 5.74) is 4.35. The van der Waals surface area contributed by atoms with Crippen molar-refractivity contribution in [1.82, 2.24) is 9.88 Å². The first-order chi connectivity index (χ1) is 19.9. The predicted molar refractivity (Wildman–Crippen MR) is 154 cm³/mol.